The van der Waals surface area contributed by atoms with Gasteiger partial charge in [0.15, 0.2) is 0 Å². The zero-order valence-electron chi connectivity index (χ0n) is 11.6. The van der Waals surface area contributed by atoms with Crippen LogP contribution in [-0.4, -0.2) is 35.5 Å². The summed E-state index contributed by atoms with van der Waals surface area (Å²) in [5.74, 6) is 2.28. The summed E-state index contributed by atoms with van der Waals surface area (Å²) in [6.07, 6.45) is 2.30. The molecule has 0 spiro atoms. The normalized spacial score (nSPS) is 16.1. The van der Waals surface area contributed by atoms with Gasteiger partial charge in [0, 0.05) is 38.0 Å². The fraction of sp³-hybridized carbons (Fsp3) is 0.615. The standard InChI is InChI=1S/C13H21N5O/c1-3-4-10-16-12(14)9(2)13(17-10)18-7-5-11(19)15-6-8-18/h3-8H2,1-2H3,(H,15,19)(H2,14,16,17). The third-order valence-corrected chi connectivity index (χ3v) is 3.29. The number of aromatic nitrogens is 2. The van der Waals surface area contributed by atoms with E-state index >= 15 is 0 Å². The first kappa shape index (κ1) is 13.6. The molecule has 1 aromatic heterocycles. The summed E-state index contributed by atoms with van der Waals surface area (Å²) >= 11 is 0. The predicted octanol–water partition coefficient (Wildman–Crippen LogP) is 0.646. The number of rotatable bonds is 3. The number of hydrogen-bond donors (Lipinski definition) is 2. The Bertz CT molecular complexity index is 474. The van der Waals surface area contributed by atoms with E-state index in [1.807, 2.05) is 6.92 Å². The summed E-state index contributed by atoms with van der Waals surface area (Å²) < 4.78 is 0. The average Bonchev–Trinajstić information content (AvgIpc) is 2.59. The number of aryl methyl sites for hydroxylation is 1. The molecular formula is C13H21N5O. The number of nitrogen functional groups attached to an aromatic ring is 1. The molecule has 2 heterocycles. The second kappa shape index (κ2) is 5.86. The summed E-state index contributed by atoms with van der Waals surface area (Å²) in [6.45, 7) is 6.10. The van der Waals surface area contributed by atoms with Crippen LogP contribution in [0.2, 0.25) is 0 Å². The highest BCUT2D eigenvalue weighted by Gasteiger charge is 2.18. The minimum absolute atomic E-state index is 0.0935. The minimum atomic E-state index is 0.0935. The van der Waals surface area contributed by atoms with Gasteiger partial charge in [-0.15, -0.1) is 0 Å². The third kappa shape index (κ3) is 3.13. The van der Waals surface area contributed by atoms with Gasteiger partial charge in [0.05, 0.1) is 0 Å². The smallest absolute Gasteiger partial charge is 0.221 e. The van der Waals surface area contributed by atoms with Crippen molar-refractivity contribution >= 4 is 17.5 Å². The predicted molar refractivity (Wildman–Crippen MR) is 75.0 cm³/mol. The first-order valence-electron chi connectivity index (χ1n) is 6.76. The molecule has 3 N–H and O–H groups in total. The molecule has 0 bridgehead atoms. The lowest BCUT2D eigenvalue weighted by atomic mass is 10.2. The second-order valence-electron chi connectivity index (χ2n) is 4.81. The van der Waals surface area contributed by atoms with E-state index in [-0.39, 0.29) is 5.91 Å². The molecule has 0 aromatic carbocycles. The minimum Gasteiger partial charge on any atom is -0.383 e. The van der Waals surface area contributed by atoms with Crippen LogP contribution in [-0.2, 0) is 11.2 Å². The molecule has 19 heavy (non-hydrogen) atoms. The molecule has 1 fully saturated rings. The SMILES string of the molecule is CCCc1nc(N)c(C)c(N2CCNC(=O)CC2)n1. The Morgan fingerprint density at radius 2 is 2.16 bits per heavy atom. The quantitative estimate of drug-likeness (QED) is 0.836. The Morgan fingerprint density at radius 1 is 1.37 bits per heavy atom. The van der Waals surface area contributed by atoms with Gasteiger partial charge in [0.2, 0.25) is 5.91 Å². The number of carbonyl (C=O) groups excluding carboxylic acids is 1. The lowest BCUT2D eigenvalue weighted by Gasteiger charge is -2.23. The molecule has 1 aliphatic rings. The van der Waals surface area contributed by atoms with Crippen LogP contribution in [0.5, 0.6) is 0 Å². The van der Waals surface area contributed by atoms with Crippen molar-refractivity contribution in [1.29, 1.82) is 0 Å². The number of hydrogen-bond acceptors (Lipinski definition) is 5. The molecule has 1 aliphatic heterocycles. The molecule has 1 aromatic rings. The van der Waals surface area contributed by atoms with Crippen LogP contribution < -0.4 is 16.0 Å². The molecule has 6 nitrogen and oxygen atoms in total. The Kier molecular flexibility index (Phi) is 4.19. The fourth-order valence-electron chi connectivity index (χ4n) is 2.19. The van der Waals surface area contributed by atoms with Gasteiger partial charge >= 0.3 is 0 Å². The van der Waals surface area contributed by atoms with Gasteiger partial charge in [0.1, 0.15) is 17.5 Å². The number of anilines is 2. The van der Waals surface area contributed by atoms with E-state index in [1.165, 1.54) is 0 Å². The van der Waals surface area contributed by atoms with Crippen molar-refractivity contribution in [3.05, 3.63) is 11.4 Å². The van der Waals surface area contributed by atoms with Gasteiger partial charge in [-0.05, 0) is 13.3 Å². The molecule has 1 amide bonds. The Balaban J connectivity index is 2.29. The van der Waals surface area contributed by atoms with E-state index in [0.29, 0.717) is 25.3 Å². The third-order valence-electron chi connectivity index (χ3n) is 3.29. The first-order chi connectivity index (χ1) is 9.11. The summed E-state index contributed by atoms with van der Waals surface area (Å²) in [7, 11) is 0. The zero-order chi connectivity index (χ0) is 13.8. The topological polar surface area (TPSA) is 84.1 Å². The largest absolute Gasteiger partial charge is 0.383 e. The van der Waals surface area contributed by atoms with Gasteiger partial charge in [-0.3, -0.25) is 4.79 Å². The van der Waals surface area contributed by atoms with E-state index in [9.17, 15) is 4.79 Å². The first-order valence-corrected chi connectivity index (χ1v) is 6.76. The highest BCUT2D eigenvalue weighted by atomic mass is 16.1. The molecule has 6 heteroatoms. The molecule has 2 rings (SSSR count). The zero-order valence-corrected chi connectivity index (χ0v) is 11.6. The lowest BCUT2D eigenvalue weighted by molar-refractivity contribution is -0.120. The number of amides is 1. The Labute approximate surface area is 113 Å². The molecule has 104 valence electrons. The van der Waals surface area contributed by atoms with Crippen molar-refractivity contribution in [3.8, 4) is 0 Å². The fourth-order valence-corrected chi connectivity index (χ4v) is 2.19. The van der Waals surface area contributed by atoms with E-state index in [0.717, 1.165) is 36.6 Å². The van der Waals surface area contributed by atoms with Crippen molar-refractivity contribution in [1.82, 2.24) is 15.3 Å². The van der Waals surface area contributed by atoms with Crippen LogP contribution in [0.15, 0.2) is 0 Å². The average molecular weight is 263 g/mol. The molecule has 0 aliphatic carbocycles. The van der Waals surface area contributed by atoms with Crippen LogP contribution >= 0.6 is 0 Å². The van der Waals surface area contributed by atoms with Crippen LogP contribution in [0, 0.1) is 6.92 Å². The van der Waals surface area contributed by atoms with Crippen molar-refractivity contribution in [2.75, 3.05) is 30.3 Å². The summed E-state index contributed by atoms with van der Waals surface area (Å²) in [6, 6.07) is 0. The molecule has 0 unspecified atom stereocenters. The van der Waals surface area contributed by atoms with Gasteiger partial charge in [-0.2, -0.15) is 0 Å². The monoisotopic (exact) mass is 263 g/mol. The summed E-state index contributed by atoms with van der Waals surface area (Å²) in [5, 5.41) is 2.86. The van der Waals surface area contributed by atoms with E-state index in [2.05, 4.69) is 27.1 Å². The maximum absolute atomic E-state index is 11.4. The van der Waals surface area contributed by atoms with Gasteiger partial charge < -0.3 is 16.0 Å². The van der Waals surface area contributed by atoms with Crippen molar-refractivity contribution < 1.29 is 4.79 Å². The number of nitrogens with one attached hydrogen (secondary N) is 1. The molecule has 0 radical (unpaired) electrons. The number of nitrogens with two attached hydrogens (primary N) is 1. The summed E-state index contributed by atoms with van der Waals surface area (Å²) in [5.41, 5.74) is 6.86. The highest BCUT2D eigenvalue weighted by Crippen LogP contribution is 2.22. The van der Waals surface area contributed by atoms with Crippen molar-refractivity contribution in [2.45, 2.75) is 33.1 Å². The maximum atomic E-state index is 11.4. The maximum Gasteiger partial charge on any atom is 0.221 e. The summed E-state index contributed by atoms with van der Waals surface area (Å²) in [4.78, 5) is 22.4. The van der Waals surface area contributed by atoms with Crippen LogP contribution in [0.4, 0.5) is 11.6 Å². The van der Waals surface area contributed by atoms with Crippen molar-refractivity contribution in [2.24, 2.45) is 0 Å². The molecule has 0 atom stereocenters. The Hall–Kier alpha value is -1.85. The molecule has 0 saturated carbocycles. The second-order valence-corrected chi connectivity index (χ2v) is 4.81. The van der Waals surface area contributed by atoms with Crippen LogP contribution in [0.25, 0.3) is 0 Å². The Morgan fingerprint density at radius 3 is 2.89 bits per heavy atom. The van der Waals surface area contributed by atoms with Gasteiger partial charge in [0.25, 0.3) is 0 Å². The number of carbonyl (C=O) groups is 1. The lowest BCUT2D eigenvalue weighted by Crippen LogP contribution is -2.30. The number of nitrogens with zero attached hydrogens (tertiary/aromatic N) is 3. The van der Waals surface area contributed by atoms with Crippen LogP contribution in [0.1, 0.15) is 31.2 Å². The molecule has 1 saturated heterocycles. The van der Waals surface area contributed by atoms with Gasteiger partial charge in [-0.25, -0.2) is 9.97 Å². The van der Waals surface area contributed by atoms with Gasteiger partial charge in [-0.1, -0.05) is 6.92 Å². The van der Waals surface area contributed by atoms with Crippen molar-refractivity contribution in [3.63, 3.8) is 0 Å². The van der Waals surface area contributed by atoms with E-state index < -0.39 is 0 Å². The van der Waals surface area contributed by atoms with E-state index in [1.54, 1.807) is 0 Å². The molecular weight excluding hydrogens is 242 g/mol. The highest BCUT2D eigenvalue weighted by molar-refractivity contribution is 5.77. The van der Waals surface area contributed by atoms with E-state index in [4.69, 9.17) is 5.73 Å². The van der Waals surface area contributed by atoms with Crippen LogP contribution in [0.3, 0.4) is 0 Å².